The average Bonchev–Trinajstić information content (AvgIpc) is 2.33. The molecule has 100 valence electrons. The molecular weight excluding hydrogens is 230 g/mol. The van der Waals surface area contributed by atoms with E-state index in [9.17, 15) is 4.79 Å². The molecule has 0 aliphatic heterocycles. The average molecular weight is 251 g/mol. The van der Waals surface area contributed by atoms with Crippen LogP contribution in [-0.4, -0.2) is 24.7 Å². The number of ether oxygens (including phenoxy) is 1. The zero-order chi connectivity index (χ0) is 13.7. The lowest BCUT2D eigenvalue weighted by atomic mass is 10.1. The van der Waals surface area contributed by atoms with Crippen LogP contribution in [0.15, 0.2) is 12.1 Å². The molecule has 1 aromatic carbocycles. The molecule has 1 atom stereocenters. The highest BCUT2D eigenvalue weighted by Crippen LogP contribution is 2.30. The van der Waals surface area contributed by atoms with Gasteiger partial charge in [-0.15, -0.1) is 0 Å². The van der Waals surface area contributed by atoms with Crippen LogP contribution in [0.5, 0.6) is 5.75 Å². The van der Waals surface area contributed by atoms with Gasteiger partial charge in [0.25, 0.3) is 0 Å². The molecule has 1 unspecified atom stereocenters. The number of hydrogen-bond donors (Lipinski definition) is 2. The highest BCUT2D eigenvalue weighted by molar-refractivity contribution is 5.95. The first-order valence-electron chi connectivity index (χ1n) is 6.10. The Bertz CT molecular complexity index is 425. The van der Waals surface area contributed by atoms with Crippen molar-refractivity contribution in [3.05, 3.63) is 23.3 Å². The zero-order valence-corrected chi connectivity index (χ0v) is 11.4. The van der Waals surface area contributed by atoms with E-state index in [1.807, 2.05) is 32.9 Å². The number of carbonyl (C=O) groups excluding carboxylic acids is 1. The third kappa shape index (κ3) is 3.23. The highest BCUT2D eigenvalue weighted by Gasteiger charge is 2.18. The molecule has 18 heavy (non-hydrogen) atoms. The topological polar surface area (TPSA) is 58.6 Å². The predicted molar refractivity (Wildman–Crippen MR) is 72.0 cm³/mol. The fourth-order valence-corrected chi connectivity index (χ4v) is 1.87. The summed E-state index contributed by atoms with van der Waals surface area (Å²) in [7, 11) is 1.58. The quantitative estimate of drug-likeness (QED) is 0.844. The summed E-state index contributed by atoms with van der Waals surface area (Å²) < 4.78 is 5.28. The standard InChI is InChI=1S/C14H21NO3/c1-5-11(8-16)14(17)15-13-10(3)6-9(2)7-12(13)18-4/h6-7,11,16H,5,8H2,1-4H3,(H,15,17). The van der Waals surface area contributed by atoms with Crippen LogP contribution in [0.4, 0.5) is 5.69 Å². The molecule has 4 nitrogen and oxygen atoms in total. The van der Waals surface area contributed by atoms with Gasteiger partial charge in [0, 0.05) is 0 Å². The number of amides is 1. The minimum atomic E-state index is -0.379. The van der Waals surface area contributed by atoms with Gasteiger partial charge in [-0.05, 0) is 37.5 Å². The number of anilines is 1. The van der Waals surface area contributed by atoms with Crippen molar-refractivity contribution in [2.45, 2.75) is 27.2 Å². The van der Waals surface area contributed by atoms with Gasteiger partial charge < -0.3 is 15.2 Å². The summed E-state index contributed by atoms with van der Waals surface area (Å²) in [4.78, 5) is 12.0. The van der Waals surface area contributed by atoms with Gasteiger partial charge in [-0.1, -0.05) is 13.0 Å². The Labute approximate surface area is 108 Å². The van der Waals surface area contributed by atoms with E-state index in [0.29, 0.717) is 17.9 Å². The zero-order valence-electron chi connectivity index (χ0n) is 11.4. The number of aryl methyl sites for hydroxylation is 2. The summed E-state index contributed by atoms with van der Waals surface area (Å²) in [5, 5.41) is 12.0. The second-order valence-corrected chi connectivity index (χ2v) is 4.44. The summed E-state index contributed by atoms with van der Waals surface area (Å²) in [5.74, 6) is 0.0919. The third-order valence-corrected chi connectivity index (χ3v) is 3.00. The van der Waals surface area contributed by atoms with Crippen molar-refractivity contribution in [1.29, 1.82) is 0 Å². The minimum absolute atomic E-state index is 0.143. The molecular formula is C14H21NO3. The van der Waals surface area contributed by atoms with Gasteiger partial charge in [0.15, 0.2) is 0 Å². The maximum Gasteiger partial charge on any atom is 0.229 e. The van der Waals surface area contributed by atoms with E-state index in [0.717, 1.165) is 11.1 Å². The summed E-state index contributed by atoms with van der Waals surface area (Å²) >= 11 is 0. The molecule has 4 heteroatoms. The number of aliphatic hydroxyl groups is 1. The Kier molecular flexibility index (Phi) is 5.16. The van der Waals surface area contributed by atoms with Crippen molar-refractivity contribution in [2.75, 3.05) is 19.0 Å². The van der Waals surface area contributed by atoms with Crippen molar-refractivity contribution in [1.82, 2.24) is 0 Å². The van der Waals surface area contributed by atoms with Gasteiger partial charge in [-0.2, -0.15) is 0 Å². The first kappa shape index (κ1) is 14.5. The fraction of sp³-hybridized carbons (Fsp3) is 0.500. The van der Waals surface area contributed by atoms with Crippen LogP contribution in [0.3, 0.4) is 0 Å². The molecule has 0 saturated carbocycles. The molecule has 1 rings (SSSR count). The van der Waals surface area contributed by atoms with Crippen molar-refractivity contribution in [3.63, 3.8) is 0 Å². The van der Waals surface area contributed by atoms with Crippen LogP contribution in [0, 0.1) is 19.8 Å². The molecule has 2 N–H and O–H groups in total. The number of methoxy groups -OCH3 is 1. The molecule has 1 aromatic rings. The number of aliphatic hydroxyl groups excluding tert-OH is 1. The van der Waals surface area contributed by atoms with Crippen LogP contribution in [-0.2, 0) is 4.79 Å². The van der Waals surface area contributed by atoms with Gasteiger partial charge in [0.2, 0.25) is 5.91 Å². The molecule has 0 spiro atoms. The van der Waals surface area contributed by atoms with Crippen molar-refractivity contribution in [2.24, 2.45) is 5.92 Å². The Morgan fingerprint density at radius 3 is 2.61 bits per heavy atom. The van der Waals surface area contributed by atoms with Gasteiger partial charge in [0.05, 0.1) is 25.3 Å². The van der Waals surface area contributed by atoms with Crippen molar-refractivity contribution in [3.8, 4) is 5.75 Å². The number of rotatable bonds is 5. The van der Waals surface area contributed by atoms with Crippen LogP contribution >= 0.6 is 0 Å². The number of carbonyl (C=O) groups is 1. The number of nitrogens with one attached hydrogen (secondary N) is 1. The SMILES string of the molecule is CCC(CO)C(=O)Nc1c(C)cc(C)cc1OC. The Morgan fingerprint density at radius 1 is 1.44 bits per heavy atom. The first-order valence-corrected chi connectivity index (χ1v) is 6.10. The Balaban J connectivity index is 3.00. The Hall–Kier alpha value is -1.55. The molecule has 0 aliphatic carbocycles. The van der Waals surface area contributed by atoms with Crippen molar-refractivity contribution >= 4 is 11.6 Å². The lowest BCUT2D eigenvalue weighted by Gasteiger charge is -2.17. The highest BCUT2D eigenvalue weighted by atomic mass is 16.5. The van der Waals surface area contributed by atoms with Crippen molar-refractivity contribution < 1.29 is 14.6 Å². The van der Waals surface area contributed by atoms with E-state index in [2.05, 4.69) is 5.32 Å². The van der Waals surface area contributed by atoms with Gasteiger partial charge >= 0.3 is 0 Å². The molecule has 0 radical (unpaired) electrons. The lowest BCUT2D eigenvalue weighted by molar-refractivity contribution is -0.121. The smallest absolute Gasteiger partial charge is 0.229 e. The van der Waals surface area contributed by atoms with Gasteiger partial charge in [-0.25, -0.2) is 0 Å². The predicted octanol–water partition coefficient (Wildman–Crippen LogP) is 2.27. The fourth-order valence-electron chi connectivity index (χ4n) is 1.87. The monoisotopic (exact) mass is 251 g/mol. The summed E-state index contributed by atoms with van der Waals surface area (Å²) in [6, 6.07) is 3.86. The van der Waals surface area contributed by atoms with E-state index in [4.69, 9.17) is 9.84 Å². The number of benzene rings is 1. The van der Waals surface area contributed by atoms with Crippen LogP contribution < -0.4 is 10.1 Å². The second-order valence-electron chi connectivity index (χ2n) is 4.44. The lowest BCUT2D eigenvalue weighted by Crippen LogP contribution is -2.25. The van der Waals surface area contributed by atoms with Gasteiger partial charge in [-0.3, -0.25) is 4.79 Å². The van der Waals surface area contributed by atoms with Crippen LogP contribution in [0.1, 0.15) is 24.5 Å². The second kappa shape index (κ2) is 6.40. The van der Waals surface area contributed by atoms with E-state index < -0.39 is 0 Å². The first-order chi connectivity index (χ1) is 8.53. The van der Waals surface area contributed by atoms with E-state index in [-0.39, 0.29) is 18.4 Å². The van der Waals surface area contributed by atoms with Crippen LogP contribution in [0.2, 0.25) is 0 Å². The molecule has 0 aliphatic rings. The number of hydrogen-bond acceptors (Lipinski definition) is 3. The van der Waals surface area contributed by atoms with E-state index in [1.54, 1.807) is 7.11 Å². The summed E-state index contributed by atoms with van der Waals surface area (Å²) in [6.45, 7) is 5.63. The normalized spacial score (nSPS) is 12.1. The summed E-state index contributed by atoms with van der Waals surface area (Å²) in [6.07, 6.45) is 0.607. The maximum absolute atomic E-state index is 12.0. The molecule has 1 amide bonds. The molecule has 0 heterocycles. The largest absolute Gasteiger partial charge is 0.495 e. The summed E-state index contributed by atoms with van der Waals surface area (Å²) in [5.41, 5.74) is 2.71. The van der Waals surface area contributed by atoms with Crippen LogP contribution in [0.25, 0.3) is 0 Å². The molecule has 0 bridgehead atoms. The minimum Gasteiger partial charge on any atom is -0.495 e. The molecule has 0 aromatic heterocycles. The Morgan fingerprint density at radius 2 is 2.11 bits per heavy atom. The molecule has 0 fully saturated rings. The van der Waals surface area contributed by atoms with Gasteiger partial charge in [0.1, 0.15) is 5.75 Å². The maximum atomic E-state index is 12.0. The third-order valence-electron chi connectivity index (χ3n) is 3.00. The molecule has 0 saturated heterocycles. The van der Waals surface area contributed by atoms with E-state index >= 15 is 0 Å². The van der Waals surface area contributed by atoms with E-state index in [1.165, 1.54) is 0 Å².